The number of hydrogen-bond acceptors (Lipinski definition) is 7. The monoisotopic (exact) mass is 275 g/mol. The molecule has 9 nitrogen and oxygen atoms in total. The smallest absolute Gasteiger partial charge is 0.326 e. The SMILES string of the molecule is Nc1c(CCC(O)C(O)C(O)CO)[nH]c(=O)[nH]c1=O. The van der Waals surface area contributed by atoms with Gasteiger partial charge in [-0.15, -0.1) is 0 Å². The van der Waals surface area contributed by atoms with Crippen LogP contribution >= 0.6 is 0 Å². The van der Waals surface area contributed by atoms with Crippen molar-refractivity contribution in [2.75, 3.05) is 12.3 Å². The van der Waals surface area contributed by atoms with E-state index >= 15 is 0 Å². The van der Waals surface area contributed by atoms with Gasteiger partial charge in [0.2, 0.25) is 0 Å². The summed E-state index contributed by atoms with van der Waals surface area (Å²) in [5.41, 5.74) is 3.96. The summed E-state index contributed by atoms with van der Waals surface area (Å²) in [4.78, 5) is 26.5. The van der Waals surface area contributed by atoms with Crippen LogP contribution < -0.4 is 17.0 Å². The largest absolute Gasteiger partial charge is 0.394 e. The summed E-state index contributed by atoms with van der Waals surface area (Å²) < 4.78 is 0. The average molecular weight is 275 g/mol. The number of hydrogen-bond donors (Lipinski definition) is 7. The second-order valence-corrected chi connectivity index (χ2v) is 4.15. The van der Waals surface area contributed by atoms with Crippen molar-refractivity contribution in [3.8, 4) is 0 Å². The number of aliphatic hydroxyl groups is 4. The van der Waals surface area contributed by atoms with Gasteiger partial charge in [-0.25, -0.2) is 4.79 Å². The molecular formula is C10H17N3O6. The highest BCUT2D eigenvalue weighted by atomic mass is 16.4. The van der Waals surface area contributed by atoms with Crippen LogP contribution in [0.1, 0.15) is 12.1 Å². The Morgan fingerprint density at radius 2 is 1.74 bits per heavy atom. The number of rotatable bonds is 6. The molecule has 0 aliphatic heterocycles. The van der Waals surface area contributed by atoms with E-state index < -0.39 is 36.2 Å². The van der Waals surface area contributed by atoms with Crippen molar-refractivity contribution in [3.63, 3.8) is 0 Å². The highest BCUT2D eigenvalue weighted by molar-refractivity contribution is 5.39. The van der Waals surface area contributed by atoms with Crippen molar-refractivity contribution in [1.29, 1.82) is 0 Å². The molecule has 0 saturated heterocycles. The molecule has 9 heteroatoms. The summed E-state index contributed by atoms with van der Waals surface area (Å²) in [7, 11) is 0. The van der Waals surface area contributed by atoms with Gasteiger partial charge in [0.25, 0.3) is 5.56 Å². The van der Waals surface area contributed by atoms with E-state index in [4.69, 9.17) is 15.9 Å². The molecule has 8 N–H and O–H groups in total. The van der Waals surface area contributed by atoms with E-state index in [1.807, 2.05) is 4.98 Å². The van der Waals surface area contributed by atoms with E-state index in [1.54, 1.807) is 0 Å². The van der Waals surface area contributed by atoms with Gasteiger partial charge in [-0.05, 0) is 12.8 Å². The van der Waals surface area contributed by atoms with Crippen molar-refractivity contribution >= 4 is 5.69 Å². The number of aromatic amines is 2. The maximum absolute atomic E-state index is 11.2. The molecule has 0 spiro atoms. The van der Waals surface area contributed by atoms with E-state index in [-0.39, 0.29) is 24.2 Å². The predicted octanol–water partition coefficient (Wildman–Crippen LogP) is -3.35. The molecular weight excluding hydrogens is 258 g/mol. The minimum Gasteiger partial charge on any atom is -0.394 e. The average Bonchev–Trinajstić information content (AvgIpc) is 2.38. The Kier molecular flexibility index (Phi) is 5.24. The van der Waals surface area contributed by atoms with Gasteiger partial charge in [0, 0.05) is 5.69 Å². The van der Waals surface area contributed by atoms with Crippen molar-refractivity contribution in [2.45, 2.75) is 31.2 Å². The second kappa shape index (κ2) is 6.48. The van der Waals surface area contributed by atoms with Gasteiger partial charge < -0.3 is 31.1 Å². The number of H-pyrrole nitrogens is 2. The van der Waals surface area contributed by atoms with Crippen molar-refractivity contribution < 1.29 is 20.4 Å². The van der Waals surface area contributed by atoms with Crippen LogP contribution in [0.4, 0.5) is 5.69 Å². The zero-order valence-electron chi connectivity index (χ0n) is 10.0. The van der Waals surface area contributed by atoms with Crippen LogP contribution in [0.2, 0.25) is 0 Å². The molecule has 0 aliphatic rings. The molecule has 3 unspecified atom stereocenters. The first-order valence-electron chi connectivity index (χ1n) is 5.62. The number of aromatic nitrogens is 2. The maximum Gasteiger partial charge on any atom is 0.326 e. The number of nitrogen functional groups attached to an aromatic ring is 1. The van der Waals surface area contributed by atoms with Gasteiger partial charge in [-0.2, -0.15) is 0 Å². The van der Waals surface area contributed by atoms with Gasteiger partial charge in [0.1, 0.15) is 17.9 Å². The highest BCUT2D eigenvalue weighted by Gasteiger charge is 2.24. The molecule has 0 bridgehead atoms. The van der Waals surface area contributed by atoms with Gasteiger partial charge in [-0.1, -0.05) is 0 Å². The molecule has 1 heterocycles. The highest BCUT2D eigenvalue weighted by Crippen LogP contribution is 2.09. The number of aryl methyl sites for hydroxylation is 1. The molecule has 0 aromatic carbocycles. The van der Waals surface area contributed by atoms with Crippen LogP contribution in [0.15, 0.2) is 9.59 Å². The van der Waals surface area contributed by atoms with E-state index in [1.165, 1.54) is 0 Å². The summed E-state index contributed by atoms with van der Waals surface area (Å²) in [6, 6.07) is 0. The van der Waals surface area contributed by atoms with Crippen LogP contribution in [0.3, 0.4) is 0 Å². The van der Waals surface area contributed by atoms with E-state index in [0.717, 1.165) is 0 Å². The zero-order valence-corrected chi connectivity index (χ0v) is 10.0. The third kappa shape index (κ3) is 3.89. The molecule has 1 aromatic rings. The quantitative estimate of drug-likeness (QED) is 0.284. The Labute approximate surface area is 107 Å². The lowest BCUT2D eigenvalue weighted by Gasteiger charge is -2.21. The lowest BCUT2D eigenvalue weighted by atomic mass is 10.0. The zero-order chi connectivity index (χ0) is 14.6. The topological polar surface area (TPSA) is 173 Å². The summed E-state index contributed by atoms with van der Waals surface area (Å²) in [5.74, 6) is 0. The Hall–Kier alpha value is -1.68. The van der Waals surface area contributed by atoms with Crippen molar-refractivity contribution in [3.05, 3.63) is 26.5 Å². The first-order valence-corrected chi connectivity index (χ1v) is 5.62. The molecule has 0 aliphatic carbocycles. The maximum atomic E-state index is 11.2. The molecule has 0 saturated carbocycles. The van der Waals surface area contributed by atoms with Crippen LogP contribution in [-0.4, -0.2) is 55.3 Å². The van der Waals surface area contributed by atoms with Crippen molar-refractivity contribution in [2.24, 2.45) is 0 Å². The summed E-state index contributed by atoms with van der Waals surface area (Å²) >= 11 is 0. The summed E-state index contributed by atoms with van der Waals surface area (Å²) in [6.45, 7) is -0.692. The van der Waals surface area contributed by atoms with E-state index in [9.17, 15) is 19.8 Å². The first kappa shape index (κ1) is 15.4. The molecule has 3 atom stereocenters. The van der Waals surface area contributed by atoms with E-state index in [0.29, 0.717) is 0 Å². The van der Waals surface area contributed by atoms with Gasteiger partial charge >= 0.3 is 5.69 Å². The van der Waals surface area contributed by atoms with Crippen LogP contribution in [-0.2, 0) is 6.42 Å². The van der Waals surface area contributed by atoms with Crippen LogP contribution in [0, 0.1) is 0 Å². The third-order valence-corrected chi connectivity index (χ3v) is 2.73. The van der Waals surface area contributed by atoms with Gasteiger partial charge in [0.05, 0.1) is 12.7 Å². The predicted molar refractivity (Wildman–Crippen MR) is 65.5 cm³/mol. The standard InChI is InChI=1S/C10H17N3O6/c11-7-4(12-10(19)13-9(7)18)1-2-5(15)8(17)6(16)3-14/h5-6,8,14-17H,1-3,11H2,(H2,12,13,18,19). The number of anilines is 1. The lowest BCUT2D eigenvalue weighted by molar-refractivity contribution is -0.0780. The van der Waals surface area contributed by atoms with Gasteiger partial charge in [0.15, 0.2) is 0 Å². The molecule has 0 radical (unpaired) electrons. The minimum atomic E-state index is -1.53. The Balaban J connectivity index is 2.72. The third-order valence-electron chi connectivity index (χ3n) is 2.73. The van der Waals surface area contributed by atoms with Gasteiger partial charge in [-0.3, -0.25) is 9.78 Å². The fourth-order valence-electron chi connectivity index (χ4n) is 1.57. The normalized spacial score (nSPS) is 16.0. The molecule has 0 fully saturated rings. The molecule has 1 rings (SSSR count). The summed E-state index contributed by atoms with van der Waals surface area (Å²) in [6.07, 6.45) is -4.35. The summed E-state index contributed by atoms with van der Waals surface area (Å²) in [5, 5.41) is 36.7. The number of aliphatic hydroxyl groups excluding tert-OH is 4. The molecule has 1 aromatic heterocycles. The Bertz CT molecular complexity index is 525. The van der Waals surface area contributed by atoms with Crippen LogP contribution in [0.5, 0.6) is 0 Å². The minimum absolute atomic E-state index is 0.0291. The second-order valence-electron chi connectivity index (χ2n) is 4.15. The fraction of sp³-hybridized carbons (Fsp3) is 0.600. The fourth-order valence-corrected chi connectivity index (χ4v) is 1.57. The Morgan fingerprint density at radius 3 is 2.32 bits per heavy atom. The number of nitrogens with one attached hydrogen (secondary N) is 2. The first-order chi connectivity index (χ1) is 8.86. The lowest BCUT2D eigenvalue weighted by Crippen LogP contribution is -2.39. The Morgan fingerprint density at radius 1 is 1.11 bits per heavy atom. The number of nitrogens with two attached hydrogens (primary N) is 1. The van der Waals surface area contributed by atoms with Crippen LogP contribution in [0.25, 0.3) is 0 Å². The molecule has 19 heavy (non-hydrogen) atoms. The molecule has 108 valence electrons. The molecule has 0 amide bonds. The van der Waals surface area contributed by atoms with E-state index in [2.05, 4.69) is 4.98 Å². The van der Waals surface area contributed by atoms with Crippen molar-refractivity contribution in [1.82, 2.24) is 9.97 Å².